The van der Waals surface area contributed by atoms with Crippen molar-refractivity contribution in [2.45, 2.75) is 6.18 Å². The number of anilines is 2. The first-order valence-corrected chi connectivity index (χ1v) is 10.8. The van der Waals surface area contributed by atoms with Gasteiger partial charge in [0.15, 0.2) is 0 Å². The van der Waals surface area contributed by atoms with Crippen LogP contribution in [0.25, 0.3) is 27.3 Å². The standard InChI is InChI=1S/C23H15F3N6OS/c24-23(25,26)15-4-6-16(7-5-15)29-20(33)14-3-1-2-13(12-14)19-18(17-8-9-28-22(27)30-17)21-32(31-19)10-11-34-21/h1-12H,(H,29,33)(H2,27,28,30). The lowest BCUT2D eigenvalue weighted by molar-refractivity contribution is -0.137. The minimum atomic E-state index is -4.44. The summed E-state index contributed by atoms with van der Waals surface area (Å²) in [6, 6.07) is 12.8. The van der Waals surface area contributed by atoms with Crippen LogP contribution >= 0.6 is 11.3 Å². The fraction of sp³-hybridized carbons (Fsp3) is 0.0435. The molecule has 11 heteroatoms. The van der Waals surface area contributed by atoms with Crippen molar-refractivity contribution in [3.05, 3.63) is 83.5 Å². The summed E-state index contributed by atoms with van der Waals surface area (Å²) in [7, 11) is 0. The largest absolute Gasteiger partial charge is 0.416 e. The molecule has 3 heterocycles. The first-order valence-electron chi connectivity index (χ1n) is 9.93. The van der Waals surface area contributed by atoms with Crippen LogP contribution in [0.3, 0.4) is 0 Å². The second-order valence-electron chi connectivity index (χ2n) is 7.29. The van der Waals surface area contributed by atoms with E-state index in [4.69, 9.17) is 5.73 Å². The summed E-state index contributed by atoms with van der Waals surface area (Å²) < 4.78 is 40.0. The second-order valence-corrected chi connectivity index (χ2v) is 8.18. The molecule has 0 unspecified atom stereocenters. The number of thiazole rings is 1. The predicted octanol–water partition coefficient (Wildman–Crippen LogP) is 5.37. The van der Waals surface area contributed by atoms with Crippen LogP contribution in [0.15, 0.2) is 72.4 Å². The molecular weight excluding hydrogens is 465 g/mol. The summed E-state index contributed by atoms with van der Waals surface area (Å²) in [4.78, 5) is 21.9. The van der Waals surface area contributed by atoms with Gasteiger partial charge in [0, 0.05) is 34.6 Å². The zero-order chi connectivity index (χ0) is 23.9. The third-order valence-electron chi connectivity index (χ3n) is 5.05. The molecule has 7 nitrogen and oxygen atoms in total. The van der Waals surface area contributed by atoms with Gasteiger partial charge in [0.2, 0.25) is 5.95 Å². The summed E-state index contributed by atoms with van der Waals surface area (Å²) in [5.41, 5.74) is 8.19. The molecule has 3 N–H and O–H groups in total. The van der Waals surface area contributed by atoms with Gasteiger partial charge in [-0.2, -0.15) is 18.3 Å². The van der Waals surface area contributed by atoms with Gasteiger partial charge in [-0.25, -0.2) is 14.5 Å². The van der Waals surface area contributed by atoms with Gasteiger partial charge >= 0.3 is 6.18 Å². The Bertz CT molecular complexity index is 1510. The molecule has 0 fully saturated rings. The van der Waals surface area contributed by atoms with Gasteiger partial charge in [0.1, 0.15) is 10.5 Å². The van der Waals surface area contributed by atoms with Gasteiger partial charge in [-0.3, -0.25) is 4.79 Å². The Balaban J connectivity index is 1.49. The minimum absolute atomic E-state index is 0.129. The molecule has 0 aliphatic rings. The highest BCUT2D eigenvalue weighted by Gasteiger charge is 2.30. The number of benzene rings is 2. The normalized spacial score (nSPS) is 11.6. The zero-order valence-corrected chi connectivity index (χ0v) is 18.1. The van der Waals surface area contributed by atoms with E-state index in [9.17, 15) is 18.0 Å². The molecule has 34 heavy (non-hydrogen) atoms. The van der Waals surface area contributed by atoms with Crippen molar-refractivity contribution < 1.29 is 18.0 Å². The third kappa shape index (κ3) is 4.08. The quantitative estimate of drug-likeness (QED) is 0.360. The molecule has 3 aromatic heterocycles. The summed E-state index contributed by atoms with van der Waals surface area (Å²) >= 11 is 1.49. The van der Waals surface area contributed by atoms with Gasteiger partial charge in [-0.15, -0.1) is 11.3 Å². The predicted molar refractivity (Wildman–Crippen MR) is 123 cm³/mol. The molecule has 0 aliphatic carbocycles. The lowest BCUT2D eigenvalue weighted by atomic mass is 10.0. The van der Waals surface area contributed by atoms with Crippen molar-refractivity contribution in [1.82, 2.24) is 19.6 Å². The van der Waals surface area contributed by atoms with Crippen molar-refractivity contribution in [3.63, 3.8) is 0 Å². The number of nitrogens with two attached hydrogens (primary N) is 1. The first-order chi connectivity index (χ1) is 16.3. The van der Waals surface area contributed by atoms with Gasteiger partial charge in [0.05, 0.1) is 16.8 Å². The Morgan fingerprint density at radius 3 is 2.62 bits per heavy atom. The Hall–Kier alpha value is -4.25. The molecule has 2 aromatic carbocycles. The molecule has 0 atom stereocenters. The maximum absolute atomic E-state index is 12.8. The molecule has 0 saturated carbocycles. The van der Waals surface area contributed by atoms with E-state index < -0.39 is 17.6 Å². The highest BCUT2D eigenvalue weighted by Crippen LogP contribution is 2.36. The van der Waals surface area contributed by atoms with Crippen LogP contribution in [0.2, 0.25) is 0 Å². The van der Waals surface area contributed by atoms with E-state index >= 15 is 0 Å². The molecule has 0 saturated heterocycles. The average Bonchev–Trinajstić information content (AvgIpc) is 3.40. The molecule has 0 bridgehead atoms. The van der Waals surface area contributed by atoms with Crippen LogP contribution in [0.5, 0.6) is 0 Å². The van der Waals surface area contributed by atoms with E-state index in [1.54, 1.807) is 35.0 Å². The number of nitrogens with one attached hydrogen (secondary N) is 1. The van der Waals surface area contributed by atoms with Crippen molar-refractivity contribution >= 4 is 33.7 Å². The van der Waals surface area contributed by atoms with Crippen molar-refractivity contribution in [2.75, 3.05) is 11.1 Å². The molecule has 1 amide bonds. The maximum atomic E-state index is 12.8. The smallest absolute Gasteiger partial charge is 0.368 e. The molecule has 0 spiro atoms. The van der Waals surface area contributed by atoms with Gasteiger partial charge in [-0.05, 0) is 42.5 Å². The SMILES string of the molecule is Nc1nccc(-c2c(-c3cccc(C(=O)Nc4ccc(C(F)(F)F)cc4)c3)nn3ccsc23)n1. The molecule has 0 radical (unpaired) electrons. The van der Waals surface area contributed by atoms with Crippen molar-refractivity contribution in [2.24, 2.45) is 0 Å². The molecule has 5 aromatic rings. The Kier molecular flexibility index (Phi) is 5.25. The molecule has 5 rings (SSSR count). The van der Waals surface area contributed by atoms with Gasteiger partial charge in [-0.1, -0.05) is 12.1 Å². The van der Waals surface area contributed by atoms with E-state index in [2.05, 4.69) is 20.4 Å². The molecular formula is C23H15F3N6OS. The lowest BCUT2D eigenvalue weighted by Gasteiger charge is -2.09. The third-order valence-corrected chi connectivity index (χ3v) is 5.92. The highest BCUT2D eigenvalue weighted by molar-refractivity contribution is 7.16. The van der Waals surface area contributed by atoms with Gasteiger partial charge < -0.3 is 11.1 Å². The van der Waals surface area contributed by atoms with E-state index in [-0.39, 0.29) is 11.6 Å². The van der Waals surface area contributed by atoms with E-state index in [0.29, 0.717) is 22.5 Å². The monoisotopic (exact) mass is 480 g/mol. The molecule has 0 aliphatic heterocycles. The summed E-state index contributed by atoms with van der Waals surface area (Å²) in [5.74, 6) is -0.334. The van der Waals surface area contributed by atoms with Gasteiger partial charge in [0.25, 0.3) is 5.91 Å². The fourth-order valence-electron chi connectivity index (χ4n) is 3.48. The average molecular weight is 480 g/mol. The van der Waals surface area contributed by atoms with E-state index in [1.165, 1.54) is 23.5 Å². The summed E-state index contributed by atoms with van der Waals surface area (Å²) in [6.45, 7) is 0. The van der Waals surface area contributed by atoms with Crippen LogP contribution < -0.4 is 11.1 Å². The number of hydrogen-bond donors (Lipinski definition) is 2. The van der Waals surface area contributed by atoms with Crippen LogP contribution in [-0.4, -0.2) is 25.5 Å². The first kappa shape index (κ1) is 21.6. The number of amides is 1. The number of carbonyl (C=O) groups is 1. The number of rotatable bonds is 4. The van der Waals surface area contributed by atoms with E-state index in [1.807, 2.05) is 17.6 Å². The highest BCUT2D eigenvalue weighted by atomic mass is 32.1. The number of nitrogen functional groups attached to an aromatic ring is 1. The van der Waals surface area contributed by atoms with E-state index in [0.717, 1.165) is 22.5 Å². The number of alkyl halides is 3. The van der Waals surface area contributed by atoms with Crippen molar-refractivity contribution in [3.8, 4) is 22.5 Å². The zero-order valence-electron chi connectivity index (χ0n) is 17.2. The number of carbonyl (C=O) groups excluding carboxylic acids is 1. The summed E-state index contributed by atoms with van der Waals surface area (Å²) in [5, 5.41) is 9.17. The van der Waals surface area contributed by atoms with Crippen LogP contribution in [0.4, 0.5) is 24.8 Å². The number of aromatic nitrogens is 4. The van der Waals surface area contributed by atoms with Crippen LogP contribution in [0.1, 0.15) is 15.9 Å². The van der Waals surface area contributed by atoms with Crippen LogP contribution in [-0.2, 0) is 6.18 Å². The number of nitrogens with zero attached hydrogens (tertiary/aromatic N) is 4. The van der Waals surface area contributed by atoms with Crippen molar-refractivity contribution in [1.29, 1.82) is 0 Å². The summed E-state index contributed by atoms with van der Waals surface area (Å²) in [6.07, 6.45) is -1.06. The lowest BCUT2D eigenvalue weighted by Crippen LogP contribution is -2.12. The Morgan fingerprint density at radius 1 is 1.09 bits per heavy atom. The number of fused-ring (bicyclic) bond motifs is 1. The topological polar surface area (TPSA) is 98.2 Å². The Labute approximate surface area is 194 Å². The number of hydrogen-bond acceptors (Lipinski definition) is 6. The van der Waals surface area contributed by atoms with Crippen LogP contribution in [0, 0.1) is 0 Å². The fourth-order valence-corrected chi connectivity index (χ4v) is 4.32. The Morgan fingerprint density at radius 2 is 1.88 bits per heavy atom. The number of halogens is 3. The molecule has 170 valence electrons. The second kappa shape index (κ2) is 8.27. The minimum Gasteiger partial charge on any atom is -0.368 e. The maximum Gasteiger partial charge on any atom is 0.416 e.